The first-order chi connectivity index (χ1) is 10.5. The predicted octanol–water partition coefficient (Wildman–Crippen LogP) is 5.13. The third-order valence-corrected chi connectivity index (χ3v) is 3.07. The van der Waals surface area contributed by atoms with E-state index in [-0.39, 0.29) is 12.0 Å². The lowest BCUT2D eigenvalue weighted by Crippen LogP contribution is -2.60. The van der Waals surface area contributed by atoms with E-state index < -0.39 is 48.9 Å². The van der Waals surface area contributed by atoms with Crippen molar-refractivity contribution in [1.29, 1.82) is 0 Å². The van der Waals surface area contributed by atoms with Crippen molar-refractivity contribution in [3.63, 3.8) is 0 Å². The van der Waals surface area contributed by atoms with E-state index in [2.05, 4.69) is 11.3 Å². The Morgan fingerprint density at radius 3 is 1.79 bits per heavy atom. The number of hydrogen-bond donors (Lipinski definition) is 0. The molecule has 1 atom stereocenters. The van der Waals surface area contributed by atoms with Gasteiger partial charge < -0.3 is 4.74 Å². The van der Waals surface area contributed by atoms with E-state index in [0.29, 0.717) is 0 Å². The maximum Gasteiger partial charge on any atom is 0.460 e. The van der Waals surface area contributed by atoms with E-state index in [0.717, 1.165) is 0 Å². The molecule has 1 unspecified atom stereocenters. The summed E-state index contributed by atoms with van der Waals surface area (Å²) in [5, 5.41) is 0. The van der Waals surface area contributed by atoms with Gasteiger partial charge in [-0.15, -0.1) is 0 Å². The van der Waals surface area contributed by atoms with Crippen molar-refractivity contribution in [3.8, 4) is 0 Å². The highest BCUT2D eigenvalue weighted by molar-refractivity contribution is 5.87. The van der Waals surface area contributed by atoms with Gasteiger partial charge >= 0.3 is 29.9 Å². The Morgan fingerprint density at radius 1 is 1.00 bits per heavy atom. The molecule has 0 N–H and O–H groups in total. The van der Waals surface area contributed by atoms with Crippen LogP contribution in [0.2, 0.25) is 0 Å². The molecular weight excluding hydrogens is 359 g/mol. The third kappa shape index (κ3) is 4.56. The number of esters is 1. The van der Waals surface area contributed by atoms with Gasteiger partial charge in [-0.1, -0.05) is 13.5 Å². The number of alkyl halides is 9. The number of carbonyl (C=O) groups excluding carboxylic acids is 1. The Labute approximate surface area is 131 Å². The fourth-order valence-corrected chi connectivity index (χ4v) is 1.51. The first-order valence-corrected chi connectivity index (χ1v) is 6.58. The van der Waals surface area contributed by atoms with Gasteiger partial charge in [0.1, 0.15) is 6.10 Å². The van der Waals surface area contributed by atoms with Crippen molar-refractivity contribution in [2.24, 2.45) is 0 Å². The van der Waals surface area contributed by atoms with E-state index in [9.17, 15) is 44.3 Å². The van der Waals surface area contributed by atoms with Gasteiger partial charge in [0.15, 0.2) is 0 Å². The summed E-state index contributed by atoms with van der Waals surface area (Å²) in [5.41, 5.74) is -0.130. The van der Waals surface area contributed by atoms with Crippen molar-refractivity contribution in [2.75, 3.05) is 0 Å². The summed E-state index contributed by atoms with van der Waals surface area (Å²) < 4.78 is 119. The van der Waals surface area contributed by atoms with Gasteiger partial charge in [-0.2, -0.15) is 39.5 Å². The molecule has 0 saturated carbocycles. The Kier molecular flexibility index (Phi) is 6.79. The molecule has 142 valence electrons. The Bertz CT molecular complexity index is 469. The molecule has 0 fully saturated rings. The Morgan fingerprint density at radius 2 is 1.46 bits per heavy atom. The standard InChI is InChI=1S/C13H15F9O2/c1-4-8(24-9(23)7(2)3)5-6-10(14,15)11(16,17)12(18,19)13(20,21)22/h8H,2,4-6H2,1,3H3. The van der Waals surface area contributed by atoms with E-state index in [1.54, 1.807) is 0 Å². The molecule has 24 heavy (non-hydrogen) atoms. The molecule has 0 aliphatic carbocycles. The molecule has 2 nitrogen and oxygen atoms in total. The molecule has 0 aliphatic heterocycles. The van der Waals surface area contributed by atoms with Gasteiger partial charge in [0.25, 0.3) is 0 Å². The summed E-state index contributed by atoms with van der Waals surface area (Å²) in [6, 6.07) is 0. The molecule has 0 spiro atoms. The van der Waals surface area contributed by atoms with Gasteiger partial charge in [0.2, 0.25) is 0 Å². The van der Waals surface area contributed by atoms with Crippen LogP contribution in [0, 0.1) is 0 Å². The zero-order chi connectivity index (χ0) is 19.6. The van der Waals surface area contributed by atoms with E-state index in [4.69, 9.17) is 0 Å². The smallest absolute Gasteiger partial charge is 0.459 e. The fourth-order valence-electron chi connectivity index (χ4n) is 1.51. The van der Waals surface area contributed by atoms with Crippen molar-refractivity contribution < 1.29 is 49.0 Å². The molecule has 0 radical (unpaired) electrons. The third-order valence-electron chi connectivity index (χ3n) is 3.07. The second-order valence-electron chi connectivity index (χ2n) is 5.11. The van der Waals surface area contributed by atoms with Crippen LogP contribution in [0.15, 0.2) is 12.2 Å². The maximum absolute atomic E-state index is 13.3. The van der Waals surface area contributed by atoms with Crippen molar-refractivity contribution in [1.82, 2.24) is 0 Å². The van der Waals surface area contributed by atoms with Crippen LogP contribution < -0.4 is 0 Å². The molecule has 0 aromatic carbocycles. The van der Waals surface area contributed by atoms with Crippen LogP contribution in [0.4, 0.5) is 39.5 Å². The zero-order valence-corrected chi connectivity index (χ0v) is 12.6. The topological polar surface area (TPSA) is 26.3 Å². The summed E-state index contributed by atoms with van der Waals surface area (Å²) >= 11 is 0. The average Bonchev–Trinajstić information content (AvgIpc) is 2.41. The van der Waals surface area contributed by atoms with E-state index in [1.165, 1.54) is 13.8 Å². The molecule has 0 aliphatic rings. The molecule has 0 heterocycles. The Balaban J connectivity index is 5.19. The highest BCUT2D eigenvalue weighted by Crippen LogP contribution is 2.54. The van der Waals surface area contributed by atoms with Crippen LogP contribution >= 0.6 is 0 Å². The minimum atomic E-state index is -6.92. The fraction of sp³-hybridized carbons (Fsp3) is 0.769. The predicted molar refractivity (Wildman–Crippen MR) is 65.1 cm³/mol. The van der Waals surface area contributed by atoms with Gasteiger partial charge in [-0.25, -0.2) is 4.79 Å². The quantitative estimate of drug-likeness (QED) is 0.334. The summed E-state index contributed by atoms with van der Waals surface area (Å²) in [6.45, 7) is 5.71. The van der Waals surface area contributed by atoms with Crippen molar-refractivity contribution >= 4 is 5.97 Å². The highest BCUT2D eigenvalue weighted by atomic mass is 19.4. The van der Waals surface area contributed by atoms with Gasteiger partial charge in [-0.3, -0.25) is 0 Å². The lowest BCUT2D eigenvalue weighted by Gasteiger charge is -2.34. The van der Waals surface area contributed by atoms with Gasteiger partial charge in [0, 0.05) is 12.0 Å². The van der Waals surface area contributed by atoms with Crippen molar-refractivity contribution in [3.05, 3.63) is 12.2 Å². The second kappa shape index (κ2) is 7.22. The van der Waals surface area contributed by atoms with Crippen LogP contribution in [-0.2, 0) is 9.53 Å². The SMILES string of the molecule is C=C(C)C(=O)OC(CC)CCC(F)(F)C(F)(F)C(F)(F)C(F)(F)F. The first kappa shape index (κ1) is 22.6. The number of halogens is 9. The Hall–Kier alpha value is -1.42. The first-order valence-electron chi connectivity index (χ1n) is 6.58. The molecule has 0 amide bonds. The van der Waals surface area contributed by atoms with Crippen LogP contribution in [0.1, 0.15) is 33.1 Å². The summed E-state index contributed by atoms with van der Waals surface area (Å²) in [6.07, 6.45) is -11.4. The van der Waals surface area contributed by atoms with Crippen LogP contribution in [0.5, 0.6) is 0 Å². The van der Waals surface area contributed by atoms with Gasteiger partial charge in [-0.05, 0) is 19.8 Å². The summed E-state index contributed by atoms with van der Waals surface area (Å²) in [5.74, 6) is -20.3. The average molecular weight is 374 g/mol. The number of carbonyl (C=O) groups is 1. The van der Waals surface area contributed by atoms with Crippen LogP contribution in [0.25, 0.3) is 0 Å². The number of rotatable bonds is 8. The zero-order valence-electron chi connectivity index (χ0n) is 12.6. The highest BCUT2D eigenvalue weighted by Gasteiger charge is 2.81. The van der Waals surface area contributed by atoms with E-state index in [1.807, 2.05) is 0 Å². The molecule has 0 aromatic rings. The summed E-state index contributed by atoms with van der Waals surface area (Å²) in [4.78, 5) is 11.2. The molecular formula is C13H15F9O2. The van der Waals surface area contributed by atoms with Crippen molar-refractivity contribution in [2.45, 2.75) is 63.2 Å². The van der Waals surface area contributed by atoms with Crippen LogP contribution in [0.3, 0.4) is 0 Å². The molecule has 0 saturated heterocycles. The largest absolute Gasteiger partial charge is 0.460 e. The monoisotopic (exact) mass is 374 g/mol. The van der Waals surface area contributed by atoms with E-state index >= 15 is 0 Å². The molecule has 0 aromatic heterocycles. The molecule has 0 bridgehead atoms. The molecule has 0 rings (SSSR count). The van der Waals surface area contributed by atoms with Gasteiger partial charge in [0.05, 0.1) is 0 Å². The lowest BCUT2D eigenvalue weighted by molar-refractivity contribution is -0.397. The lowest BCUT2D eigenvalue weighted by atomic mass is 9.97. The molecule has 11 heteroatoms. The normalized spacial score (nSPS) is 15.1. The van der Waals surface area contributed by atoms with Crippen LogP contribution in [-0.4, -0.2) is 36.0 Å². The maximum atomic E-state index is 13.3. The minimum absolute atomic E-state index is 0.130. The minimum Gasteiger partial charge on any atom is -0.459 e. The number of ether oxygens (including phenoxy) is 1. The number of hydrogen-bond acceptors (Lipinski definition) is 2. The summed E-state index contributed by atoms with van der Waals surface area (Å²) in [7, 11) is 0. The second-order valence-corrected chi connectivity index (χ2v) is 5.11.